The lowest BCUT2D eigenvalue weighted by Gasteiger charge is -2.14. The Bertz CT molecular complexity index is 1280. The molecule has 4 rings (SSSR count). The van der Waals surface area contributed by atoms with Gasteiger partial charge in [0.25, 0.3) is 11.6 Å². The fourth-order valence-corrected chi connectivity index (χ4v) is 3.26. The highest BCUT2D eigenvalue weighted by Gasteiger charge is 2.22. The van der Waals surface area contributed by atoms with Crippen LogP contribution in [0.4, 0.5) is 11.5 Å². The summed E-state index contributed by atoms with van der Waals surface area (Å²) in [5.41, 5.74) is 2.58. The first-order chi connectivity index (χ1) is 15.7. The molecular formula is C24H24N6O3. The van der Waals surface area contributed by atoms with E-state index in [1.54, 1.807) is 29.1 Å². The molecule has 2 heterocycles. The average molecular weight is 444 g/mol. The number of nitro groups is 1. The Hall–Kier alpha value is -4.27. The molecule has 9 nitrogen and oxygen atoms in total. The second-order valence-electron chi connectivity index (χ2n) is 8.68. The van der Waals surface area contributed by atoms with Crippen LogP contribution in [0.15, 0.2) is 72.9 Å². The molecule has 0 aliphatic heterocycles. The number of non-ortho nitro benzene ring substituents is 1. The topological polar surface area (TPSA) is 108 Å². The van der Waals surface area contributed by atoms with Crippen molar-refractivity contribution in [1.29, 1.82) is 0 Å². The minimum atomic E-state index is -0.462. The van der Waals surface area contributed by atoms with Gasteiger partial charge >= 0.3 is 0 Å². The Morgan fingerprint density at radius 2 is 1.73 bits per heavy atom. The predicted molar refractivity (Wildman–Crippen MR) is 125 cm³/mol. The molecule has 1 N–H and O–H groups in total. The summed E-state index contributed by atoms with van der Waals surface area (Å²) in [7, 11) is 0. The summed E-state index contributed by atoms with van der Waals surface area (Å²) < 4.78 is 3.28. The van der Waals surface area contributed by atoms with Gasteiger partial charge in [-0.3, -0.25) is 14.9 Å². The number of aromatic nitrogens is 4. The maximum absolute atomic E-state index is 12.9. The van der Waals surface area contributed by atoms with Crippen LogP contribution in [0, 0.1) is 10.1 Å². The summed E-state index contributed by atoms with van der Waals surface area (Å²) in [5, 5.41) is 22.8. The number of hydrogen-bond acceptors (Lipinski definition) is 5. The second-order valence-corrected chi connectivity index (χ2v) is 8.68. The van der Waals surface area contributed by atoms with Crippen LogP contribution in [0.2, 0.25) is 0 Å². The Balaban J connectivity index is 1.57. The predicted octanol–water partition coefficient (Wildman–Crippen LogP) is 4.58. The van der Waals surface area contributed by atoms with Crippen molar-refractivity contribution >= 4 is 17.4 Å². The van der Waals surface area contributed by atoms with Crippen molar-refractivity contribution in [3.63, 3.8) is 0 Å². The summed E-state index contributed by atoms with van der Waals surface area (Å²) >= 11 is 0. The number of amides is 1. The molecule has 0 bridgehead atoms. The Kier molecular flexibility index (Phi) is 5.78. The van der Waals surface area contributed by atoms with E-state index < -0.39 is 4.92 Å². The normalized spacial score (nSPS) is 11.4. The van der Waals surface area contributed by atoms with Gasteiger partial charge in [0.1, 0.15) is 5.82 Å². The summed E-state index contributed by atoms with van der Waals surface area (Å²) in [6.07, 6.45) is 1.64. The van der Waals surface area contributed by atoms with Crippen LogP contribution in [-0.4, -0.2) is 30.4 Å². The Labute approximate surface area is 190 Å². The van der Waals surface area contributed by atoms with Gasteiger partial charge in [-0.2, -0.15) is 10.2 Å². The van der Waals surface area contributed by atoms with Crippen LogP contribution >= 0.6 is 0 Å². The summed E-state index contributed by atoms with van der Waals surface area (Å²) in [4.78, 5) is 23.3. The van der Waals surface area contributed by atoms with Crippen LogP contribution in [0.5, 0.6) is 0 Å². The number of carbonyl (C=O) groups is 1. The SMILES string of the molecule is CC(C)(C)c1cc(NC(=O)c2ccn(-c3ccc([N+](=O)[O-])cc3)n2)n(Cc2ccccc2)n1. The zero-order chi connectivity index (χ0) is 23.6. The van der Waals surface area contributed by atoms with Gasteiger partial charge in [-0.1, -0.05) is 51.1 Å². The molecule has 2 aromatic heterocycles. The molecule has 1 amide bonds. The van der Waals surface area contributed by atoms with Gasteiger partial charge < -0.3 is 5.32 Å². The van der Waals surface area contributed by atoms with Crippen LogP contribution in [0.1, 0.15) is 42.5 Å². The van der Waals surface area contributed by atoms with E-state index in [9.17, 15) is 14.9 Å². The van der Waals surface area contributed by atoms with E-state index in [4.69, 9.17) is 5.10 Å². The van der Waals surface area contributed by atoms with E-state index in [1.165, 1.54) is 16.8 Å². The monoisotopic (exact) mass is 444 g/mol. The summed E-state index contributed by atoms with van der Waals surface area (Å²) in [6, 6.07) is 19.3. The average Bonchev–Trinajstić information content (AvgIpc) is 3.42. The molecule has 33 heavy (non-hydrogen) atoms. The third-order valence-electron chi connectivity index (χ3n) is 5.11. The second kappa shape index (κ2) is 8.70. The molecule has 2 aromatic carbocycles. The summed E-state index contributed by atoms with van der Waals surface area (Å²) in [6.45, 7) is 6.72. The number of benzene rings is 2. The molecule has 0 saturated carbocycles. The number of anilines is 1. The van der Waals surface area contributed by atoms with Gasteiger partial charge in [0, 0.05) is 29.8 Å². The molecule has 0 aliphatic carbocycles. The molecule has 0 saturated heterocycles. The number of nitro benzene ring substituents is 1. The third-order valence-corrected chi connectivity index (χ3v) is 5.11. The number of hydrogen-bond donors (Lipinski definition) is 1. The van der Waals surface area contributed by atoms with Crippen molar-refractivity contribution in [2.24, 2.45) is 0 Å². The van der Waals surface area contributed by atoms with E-state index in [0.29, 0.717) is 18.1 Å². The first-order valence-corrected chi connectivity index (χ1v) is 10.4. The smallest absolute Gasteiger partial charge is 0.277 e. The molecule has 0 fully saturated rings. The highest BCUT2D eigenvalue weighted by molar-refractivity contribution is 6.02. The van der Waals surface area contributed by atoms with E-state index >= 15 is 0 Å². The fraction of sp³-hybridized carbons (Fsp3) is 0.208. The van der Waals surface area contributed by atoms with Crippen molar-refractivity contribution in [2.75, 3.05) is 5.32 Å². The van der Waals surface area contributed by atoms with Gasteiger partial charge in [0.15, 0.2) is 5.69 Å². The first-order valence-electron chi connectivity index (χ1n) is 10.4. The Morgan fingerprint density at radius 1 is 1.03 bits per heavy atom. The van der Waals surface area contributed by atoms with Crippen molar-refractivity contribution in [2.45, 2.75) is 32.7 Å². The van der Waals surface area contributed by atoms with Crippen LogP contribution in [0.3, 0.4) is 0 Å². The molecule has 168 valence electrons. The lowest BCUT2D eigenvalue weighted by Crippen LogP contribution is -2.17. The molecule has 0 unspecified atom stereocenters. The lowest BCUT2D eigenvalue weighted by atomic mass is 9.92. The van der Waals surface area contributed by atoms with Crippen LogP contribution < -0.4 is 5.32 Å². The van der Waals surface area contributed by atoms with E-state index in [2.05, 4.69) is 31.2 Å². The van der Waals surface area contributed by atoms with E-state index in [1.807, 2.05) is 36.4 Å². The van der Waals surface area contributed by atoms with E-state index in [-0.39, 0.29) is 22.7 Å². The van der Waals surface area contributed by atoms with Gasteiger partial charge in [0.2, 0.25) is 0 Å². The standard InChI is InChI=1S/C24H24N6O3/c1-24(2,3)21-15-22(29(27-21)16-17-7-5-4-6-8-17)25-23(31)20-13-14-28(26-20)18-9-11-19(12-10-18)30(32)33/h4-15H,16H2,1-3H3,(H,25,31). The van der Waals surface area contributed by atoms with Crippen LogP contribution in [0.25, 0.3) is 5.69 Å². The molecule has 0 aliphatic rings. The minimum Gasteiger partial charge on any atom is -0.305 e. The highest BCUT2D eigenvalue weighted by atomic mass is 16.6. The van der Waals surface area contributed by atoms with Gasteiger partial charge in [-0.15, -0.1) is 0 Å². The molecule has 0 radical (unpaired) electrons. The highest BCUT2D eigenvalue weighted by Crippen LogP contribution is 2.25. The largest absolute Gasteiger partial charge is 0.305 e. The third kappa shape index (κ3) is 4.98. The Morgan fingerprint density at radius 3 is 2.36 bits per heavy atom. The number of nitrogens with one attached hydrogen (secondary N) is 1. The van der Waals surface area contributed by atoms with Crippen LogP contribution in [-0.2, 0) is 12.0 Å². The molecule has 0 spiro atoms. The minimum absolute atomic E-state index is 0.00907. The zero-order valence-corrected chi connectivity index (χ0v) is 18.6. The molecule has 4 aromatic rings. The van der Waals surface area contributed by atoms with Crippen molar-refractivity contribution in [3.8, 4) is 5.69 Å². The maximum Gasteiger partial charge on any atom is 0.277 e. The van der Waals surface area contributed by atoms with E-state index in [0.717, 1.165) is 11.3 Å². The van der Waals surface area contributed by atoms with Gasteiger partial charge in [0.05, 0.1) is 22.8 Å². The summed E-state index contributed by atoms with van der Waals surface area (Å²) in [5.74, 6) is 0.212. The molecule has 9 heteroatoms. The quantitative estimate of drug-likeness (QED) is 0.346. The van der Waals surface area contributed by atoms with Gasteiger partial charge in [-0.25, -0.2) is 9.36 Å². The first kappa shape index (κ1) is 21.9. The number of nitrogens with zero attached hydrogens (tertiary/aromatic N) is 5. The number of rotatable bonds is 6. The lowest BCUT2D eigenvalue weighted by molar-refractivity contribution is -0.384. The molecular weight excluding hydrogens is 420 g/mol. The van der Waals surface area contributed by atoms with Crippen molar-refractivity contribution < 1.29 is 9.72 Å². The van der Waals surface area contributed by atoms with Crippen molar-refractivity contribution in [1.82, 2.24) is 19.6 Å². The maximum atomic E-state index is 12.9. The zero-order valence-electron chi connectivity index (χ0n) is 18.6. The number of carbonyl (C=O) groups excluding carboxylic acids is 1. The fourth-order valence-electron chi connectivity index (χ4n) is 3.26. The van der Waals surface area contributed by atoms with Crippen molar-refractivity contribution in [3.05, 3.63) is 100.0 Å². The van der Waals surface area contributed by atoms with Gasteiger partial charge in [-0.05, 0) is 23.8 Å². The molecule has 0 atom stereocenters.